The molecule has 1 fully saturated rings. The van der Waals surface area contributed by atoms with Crippen LogP contribution in [0, 0.1) is 0 Å². The Morgan fingerprint density at radius 3 is 2.63 bits per heavy atom. The van der Waals surface area contributed by atoms with Crippen LogP contribution in [-0.4, -0.2) is 47.8 Å². The van der Waals surface area contributed by atoms with Crippen LogP contribution in [0.15, 0.2) is 58.4 Å². The van der Waals surface area contributed by atoms with Crippen LogP contribution in [0.5, 0.6) is 0 Å². The van der Waals surface area contributed by atoms with Crippen LogP contribution in [0.25, 0.3) is 6.08 Å². The van der Waals surface area contributed by atoms with Gasteiger partial charge in [-0.05, 0) is 99.7 Å². The summed E-state index contributed by atoms with van der Waals surface area (Å²) in [5, 5.41) is 0.725. The van der Waals surface area contributed by atoms with Crippen molar-refractivity contribution < 1.29 is 9.53 Å². The van der Waals surface area contributed by atoms with E-state index in [4.69, 9.17) is 9.73 Å². The van der Waals surface area contributed by atoms with Gasteiger partial charge in [0.2, 0.25) is 0 Å². The molecule has 1 unspecified atom stereocenters. The van der Waals surface area contributed by atoms with Crippen molar-refractivity contribution in [3.63, 3.8) is 0 Å². The number of hydrogen-bond donors (Lipinski definition) is 0. The zero-order valence-electron chi connectivity index (χ0n) is 21.7. The molecule has 2 heterocycles. The van der Waals surface area contributed by atoms with E-state index in [2.05, 4.69) is 57.7 Å². The summed E-state index contributed by atoms with van der Waals surface area (Å²) in [5.41, 5.74) is 4.69. The average molecular weight is 492 g/mol. The number of carbonyl (C=O) groups excluding carboxylic acids is 1. The van der Waals surface area contributed by atoms with Gasteiger partial charge in [0.1, 0.15) is 0 Å². The van der Waals surface area contributed by atoms with Gasteiger partial charge >= 0.3 is 0 Å². The maximum Gasteiger partial charge on any atom is 0.266 e. The van der Waals surface area contributed by atoms with E-state index in [9.17, 15) is 4.79 Å². The normalized spacial score (nSPS) is 21.9. The van der Waals surface area contributed by atoms with Gasteiger partial charge in [0.05, 0.1) is 10.6 Å². The largest absolute Gasteiger partial charge is 0.385 e. The summed E-state index contributed by atoms with van der Waals surface area (Å²) >= 11 is 1.45. The van der Waals surface area contributed by atoms with Crippen molar-refractivity contribution in [2.24, 2.45) is 4.99 Å². The molecule has 1 atom stereocenters. The molecular weight excluding hydrogens is 454 g/mol. The van der Waals surface area contributed by atoms with Gasteiger partial charge in [0.25, 0.3) is 5.91 Å². The summed E-state index contributed by atoms with van der Waals surface area (Å²) in [4.78, 5) is 23.2. The summed E-state index contributed by atoms with van der Waals surface area (Å²) in [7, 11) is 1.68. The Morgan fingerprint density at radius 1 is 1.20 bits per heavy atom. The fourth-order valence-electron chi connectivity index (χ4n) is 5.46. The van der Waals surface area contributed by atoms with E-state index < -0.39 is 0 Å². The molecule has 2 aromatic carbocycles. The molecule has 4 rings (SSSR count). The highest BCUT2D eigenvalue weighted by Gasteiger charge is 2.38. The van der Waals surface area contributed by atoms with E-state index in [1.54, 1.807) is 12.0 Å². The third-order valence-corrected chi connectivity index (χ3v) is 7.72. The molecule has 0 radical (unpaired) electrons. The molecule has 2 aliphatic rings. The standard InChI is InChI=1S/C29H37N3O2S/c1-20(2)32-25-14-13-22(17-24(25)21(3)19-29(32,4)5)18-26-27(33)31(15-10-16-34-6)28(35-26)30-23-11-8-7-9-12-23/h7-9,11-14,17-18,20-21H,10,15-16,19H2,1-6H3/b26-18-,30-28?. The fraction of sp³-hybridized carbons (Fsp3) is 0.448. The van der Waals surface area contributed by atoms with Crippen LogP contribution >= 0.6 is 11.8 Å². The van der Waals surface area contributed by atoms with E-state index in [0.717, 1.165) is 29.3 Å². The number of benzene rings is 2. The predicted molar refractivity (Wildman–Crippen MR) is 148 cm³/mol. The zero-order chi connectivity index (χ0) is 25.2. The second-order valence-corrected chi connectivity index (χ2v) is 11.4. The lowest BCUT2D eigenvalue weighted by Crippen LogP contribution is -2.51. The lowest BCUT2D eigenvalue weighted by molar-refractivity contribution is -0.122. The smallest absolute Gasteiger partial charge is 0.266 e. The first-order valence-electron chi connectivity index (χ1n) is 12.5. The molecule has 0 aliphatic carbocycles. The minimum absolute atomic E-state index is 0.0106. The predicted octanol–water partition coefficient (Wildman–Crippen LogP) is 6.83. The lowest BCUT2D eigenvalue weighted by Gasteiger charge is -2.50. The molecule has 0 saturated carbocycles. The molecule has 6 heteroatoms. The van der Waals surface area contributed by atoms with E-state index >= 15 is 0 Å². The number of hydrogen-bond acceptors (Lipinski definition) is 5. The number of anilines is 1. The first-order valence-corrected chi connectivity index (χ1v) is 13.3. The van der Waals surface area contributed by atoms with Crippen molar-refractivity contribution >= 4 is 40.3 Å². The van der Waals surface area contributed by atoms with Crippen molar-refractivity contribution in [1.82, 2.24) is 4.90 Å². The minimum atomic E-state index is 0.0106. The summed E-state index contributed by atoms with van der Waals surface area (Å²) in [6.07, 6.45) is 3.89. The molecule has 2 aliphatic heterocycles. The van der Waals surface area contributed by atoms with E-state index in [0.29, 0.717) is 30.0 Å². The molecule has 186 valence electrons. The van der Waals surface area contributed by atoms with Crippen LogP contribution in [0.3, 0.4) is 0 Å². The van der Waals surface area contributed by atoms with Crippen LogP contribution in [0.2, 0.25) is 0 Å². The number of amidine groups is 1. The molecule has 1 amide bonds. The molecule has 0 bridgehead atoms. The highest BCUT2D eigenvalue weighted by molar-refractivity contribution is 8.18. The number of nitrogens with zero attached hydrogens (tertiary/aromatic N) is 3. The third-order valence-electron chi connectivity index (χ3n) is 6.71. The Hall–Kier alpha value is -2.57. The number of carbonyl (C=O) groups is 1. The Kier molecular flexibility index (Phi) is 7.72. The number of methoxy groups -OCH3 is 1. The van der Waals surface area contributed by atoms with Gasteiger partial charge in [0, 0.05) is 37.5 Å². The van der Waals surface area contributed by atoms with Gasteiger partial charge < -0.3 is 9.64 Å². The second kappa shape index (κ2) is 10.6. The molecular formula is C29H37N3O2S. The minimum Gasteiger partial charge on any atom is -0.385 e. The van der Waals surface area contributed by atoms with Crippen molar-refractivity contribution in [3.8, 4) is 0 Å². The molecule has 0 spiro atoms. The summed E-state index contributed by atoms with van der Waals surface area (Å²) < 4.78 is 5.21. The number of rotatable bonds is 7. The Morgan fingerprint density at radius 2 is 1.94 bits per heavy atom. The van der Waals surface area contributed by atoms with Gasteiger partial charge in [-0.3, -0.25) is 9.69 Å². The van der Waals surface area contributed by atoms with Gasteiger partial charge in [-0.2, -0.15) is 0 Å². The van der Waals surface area contributed by atoms with Crippen molar-refractivity contribution in [2.75, 3.05) is 25.2 Å². The first kappa shape index (κ1) is 25.5. The van der Waals surface area contributed by atoms with Crippen LogP contribution in [-0.2, 0) is 9.53 Å². The summed E-state index contributed by atoms with van der Waals surface area (Å²) in [6, 6.07) is 16.9. The second-order valence-electron chi connectivity index (χ2n) is 10.3. The van der Waals surface area contributed by atoms with Gasteiger partial charge in [-0.15, -0.1) is 0 Å². The van der Waals surface area contributed by atoms with Gasteiger partial charge in [-0.1, -0.05) is 31.2 Å². The molecule has 0 aromatic heterocycles. The van der Waals surface area contributed by atoms with Gasteiger partial charge in [-0.25, -0.2) is 4.99 Å². The van der Waals surface area contributed by atoms with Crippen molar-refractivity contribution in [2.45, 2.75) is 65.0 Å². The number of aliphatic imine (C=N–C) groups is 1. The Labute approximate surface area is 214 Å². The molecule has 35 heavy (non-hydrogen) atoms. The van der Waals surface area contributed by atoms with Gasteiger partial charge in [0.15, 0.2) is 5.17 Å². The highest BCUT2D eigenvalue weighted by Crippen LogP contribution is 2.45. The average Bonchev–Trinajstić information content (AvgIpc) is 3.08. The molecule has 2 aromatic rings. The summed E-state index contributed by atoms with van der Waals surface area (Å²) in [5.74, 6) is 0.470. The maximum atomic E-state index is 13.4. The number of fused-ring (bicyclic) bond motifs is 1. The monoisotopic (exact) mass is 491 g/mol. The third kappa shape index (κ3) is 5.49. The number of thioether (sulfide) groups is 1. The van der Waals surface area contributed by atoms with E-state index in [1.165, 1.54) is 23.0 Å². The van der Waals surface area contributed by atoms with Crippen molar-refractivity contribution in [1.29, 1.82) is 0 Å². The Balaban J connectivity index is 1.67. The molecule has 0 N–H and O–H groups in total. The topological polar surface area (TPSA) is 45.1 Å². The van der Waals surface area contributed by atoms with Crippen molar-refractivity contribution in [3.05, 3.63) is 64.6 Å². The number of para-hydroxylation sites is 1. The fourth-order valence-corrected chi connectivity index (χ4v) is 6.48. The number of amides is 1. The molecule has 5 nitrogen and oxygen atoms in total. The lowest BCUT2D eigenvalue weighted by atomic mass is 9.79. The van der Waals surface area contributed by atoms with Crippen LogP contribution < -0.4 is 4.90 Å². The molecule has 1 saturated heterocycles. The SMILES string of the molecule is COCCCN1C(=O)/C(=C/c2ccc3c(c2)C(C)CC(C)(C)N3C(C)C)SC1=Nc1ccccc1. The van der Waals surface area contributed by atoms with E-state index in [-0.39, 0.29) is 11.4 Å². The first-order chi connectivity index (χ1) is 16.7. The zero-order valence-corrected chi connectivity index (χ0v) is 22.6. The maximum absolute atomic E-state index is 13.4. The Bertz CT molecular complexity index is 1120. The summed E-state index contributed by atoms with van der Waals surface area (Å²) in [6.45, 7) is 12.7. The van der Waals surface area contributed by atoms with E-state index in [1.807, 2.05) is 36.4 Å². The number of ether oxygens (including phenoxy) is 1. The van der Waals surface area contributed by atoms with Crippen LogP contribution in [0.4, 0.5) is 11.4 Å². The van der Waals surface area contributed by atoms with Crippen LogP contribution in [0.1, 0.15) is 64.5 Å². The highest BCUT2D eigenvalue weighted by atomic mass is 32.2. The quantitative estimate of drug-likeness (QED) is 0.315.